The van der Waals surface area contributed by atoms with Gasteiger partial charge in [-0.05, 0) is 12.1 Å². The molecule has 4 nitrogen and oxygen atoms in total. The summed E-state index contributed by atoms with van der Waals surface area (Å²) in [4.78, 5) is 0. The van der Waals surface area contributed by atoms with Crippen molar-refractivity contribution in [3.05, 3.63) is 28.4 Å². The molecule has 0 aliphatic carbocycles. The number of nitrogens with two attached hydrogens (primary N) is 1. The largest absolute Gasteiger partial charge is 0.495 e. The zero-order chi connectivity index (χ0) is 11.7. The van der Waals surface area contributed by atoms with Crippen molar-refractivity contribution < 1.29 is 4.74 Å². The fourth-order valence-corrected chi connectivity index (χ4v) is 2.05. The summed E-state index contributed by atoms with van der Waals surface area (Å²) in [5.74, 6) is 0.968. The van der Waals surface area contributed by atoms with Crippen LogP contribution in [0.15, 0.2) is 18.3 Å². The fourth-order valence-electron chi connectivity index (χ4n) is 1.48. The van der Waals surface area contributed by atoms with Gasteiger partial charge in [0.25, 0.3) is 0 Å². The van der Waals surface area contributed by atoms with E-state index in [0.717, 1.165) is 0 Å². The van der Waals surface area contributed by atoms with E-state index in [1.54, 1.807) is 18.3 Å². The fraction of sp³-hybridized carbons (Fsp3) is 0.100. The molecule has 1 heterocycles. The molecule has 0 spiro atoms. The zero-order valence-electron chi connectivity index (χ0n) is 8.42. The van der Waals surface area contributed by atoms with Crippen LogP contribution >= 0.6 is 23.2 Å². The molecule has 2 aromatic rings. The van der Waals surface area contributed by atoms with Crippen LogP contribution in [-0.2, 0) is 0 Å². The molecular weight excluding hydrogens is 249 g/mol. The van der Waals surface area contributed by atoms with Crippen LogP contribution in [0.1, 0.15) is 0 Å². The standard InChI is InChI=1S/C10H9Cl2N3O/c1-16-9-6(2-5(11)3-8(9)12)7-4-14-15-10(7)13/h2-4H,1H3,(H3,13,14,15). The maximum atomic E-state index is 6.02. The summed E-state index contributed by atoms with van der Waals surface area (Å²) in [5, 5.41) is 7.44. The number of aromatic amines is 1. The van der Waals surface area contributed by atoms with E-state index in [2.05, 4.69) is 10.2 Å². The average Bonchev–Trinajstić information content (AvgIpc) is 2.63. The lowest BCUT2D eigenvalue weighted by atomic mass is 10.1. The first kappa shape index (κ1) is 11.1. The van der Waals surface area contributed by atoms with E-state index < -0.39 is 0 Å². The number of halogens is 2. The maximum Gasteiger partial charge on any atom is 0.145 e. The van der Waals surface area contributed by atoms with Crippen LogP contribution in [0.3, 0.4) is 0 Å². The maximum absolute atomic E-state index is 6.02. The summed E-state index contributed by atoms with van der Waals surface area (Å²) in [6.07, 6.45) is 1.60. The van der Waals surface area contributed by atoms with Crippen molar-refractivity contribution in [2.75, 3.05) is 12.8 Å². The van der Waals surface area contributed by atoms with Gasteiger partial charge in [-0.25, -0.2) is 0 Å². The smallest absolute Gasteiger partial charge is 0.145 e. The van der Waals surface area contributed by atoms with Crippen molar-refractivity contribution in [2.24, 2.45) is 0 Å². The molecule has 3 N–H and O–H groups in total. The summed E-state index contributed by atoms with van der Waals surface area (Å²) in [7, 11) is 1.54. The van der Waals surface area contributed by atoms with E-state index in [4.69, 9.17) is 33.7 Å². The second kappa shape index (κ2) is 4.23. The lowest BCUT2D eigenvalue weighted by molar-refractivity contribution is 0.416. The monoisotopic (exact) mass is 257 g/mol. The van der Waals surface area contributed by atoms with Crippen LogP contribution in [0.25, 0.3) is 11.1 Å². The van der Waals surface area contributed by atoms with E-state index in [0.29, 0.717) is 32.7 Å². The van der Waals surface area contributed by atoms with Gasteiger partial charge in [-0.3, -0.25) is 5.10 Å². The molecule has 0 bridgehead atoms. The minimum atomic E-state index is 0.436. The van der Waals surface area contributed by atoms with Crippen molar-refractivity contribution >= 4 is 29.0 Å². The minimum absolute atomic E-state index is 0.436. The molecular formula is C10H9Cl2N3O. The van der Waals surface area contributed by atoms with E-state index in [1.807, 2.05) is 0 Å². The number of methoxy groups -OCH3 is 1. The molecule has 0 radical (unpaired) electrons. The Bertz CT molecular complexity index is 525. The first-order valence-corrected chi connectivity index (χ1v) is 5.21. The summed E-state index contributed by atoms with van der Waals surface area (Å²) >= 11 is 12.0. The van der Waals surface area contributed by atoms with Gasteiger partial charge in [0, 0.05) is 16.1 Å². The molecule has 1 aromatic carbocycles. The highest BCUT2D eigenvalue weighted by Crippen LogP contribution is 2.40. The predicted octanol–water partition coefficient (Wildman–Crippen LogP) is 2.97. The van der Waals surface area contributed by atoms with Gasteiger partial charge in [-0.2, -0.15) is 5.10 Å². The van der Waals surface area contributed by atoms with Gasteiger partial charge in [-0.1, -0.05) is 23.2 Å². The Labute approximate surface area is 102 Å². The first-order chi connectivity index (χ1) is 7.63. The predicted molar refractivity (Wildman–Crippen MR) is 65.0 cm³/mol. The molecule has 0 saturated heterocycles. The van der Waals surface area contributed by atoms with Crippen molar-refractivity contribution in [1.82, 2.24) is 10.2 Å². The number of ether oxygens (including phenoxy) is 1. The normalized spacial score (nSPS) is 10.4. The molecule has 1 aromatic heterocycles. The van der Waals surface area contributed by atoms with E-state index in [9.17, 15) is 0 Å². The van der Waals surface area contributed by atoms with Crippen LogP contribution in [0.5, 0.6) is 5.75 Å². The van der Waals surface area contributed by atoms with Crippen molar-refractivity contribution in [3.63, 3.8) is 0 Å². The number of nitrogens with one attached hydrogen (secondary N) is 1. The Balaban J connectivity index is 2.68. The number of hydrogen-bond acceptors (Lipinski definition) is 3. The number of nitrogen functional groups attached to an aromatic ring is 1. The summed E-state index contributed by atoms with van der Waals surface area (Å²) in [6.45, 7) is 0. The third kappa shape index (κ3) is 1.81. The van der Waals surface area contributed by atoms with Crippen LogP contribution in [0.4, 0.5) is 5.82 Å². The van der Waals surface area contributed by atoms with Gasteiger partial charge >= 0.3 is 0 Å². The third-order valence-corrected chi connectivity index (χ3v) is 2.67. The van der Waals surface area contributed by atoms with Crippen LogP contribution in [0, 0.1) is 0 Å². The molecule has 0 unspecified atom stereocenters. The Kier molecular flexibility index (Phi) is 2.94. The Morgan fingerprint density at radius 2 is 2.06 bits per heavy atom. The SMILES string of the molecule is COc1c(Cl)cc(Cl)cc1-c1cn[nH]c1N. The number of rotatable bonds is 2. The van der Waals surface area contributed by atoms with Crippen LogP contribution in [-0.4, -0.2) is 17.3 Å². The lowest BCUT2D eigenvalue weighted by Gasteiger charge is -2.10. The zero-order valence-corrected chi connectivity index (χ0v) is 9.93. The number of nitrogens with zero attached hydrogens (tertiary/aromatic N) is 1. The van der Waals surface area contributed by atoms with Gasteiger partial charge in [0.05, 0.1) is 18.3 Å². The first-order valence-electron chi connectivity index (χ1n) is 4.45. The van der Waals surface area contributed by atoms with Gasteiger partial charge in [0.15, 0.2) is 0 Å². The second-order valence-electron chi connectivity index (χ2n) is 3.17. The molecule has 0 fully saturated rings. The van der Waals surface area contributed by atoms with Gasteiger partial charge < -0.3 is 10.5 Å². The number of benzene rings is 1. The Morgan fingerprint density at radius 1 is 1.31 bits per heavy atom. The molecule has 0 atom stereocenters. The summed E-state index contributed by atoms with van der Waals surface area (Å²) in [5.41, 5.74) is 7.16. The average molecular weight is 258 g/mol. The third-order valence-electron chi connectivity index (χ3n) is 2.17. The van der Waals surface area contributed by atoms with Gasteiger partial charge in [0.2, 0.25) is 0 Å². The van der Waals surface area contributed by atoms with E-state index in [-0.39, 0.29) is 0 Å². The molecule has 84 valence electrons. The molecule has 16 heavy (non-hydrogen) atoms. The number of aromatic nitrogens is 2. The van der Waals surface area contributed by atoms with Crippen molar-refractivity contribution in [3.8, 4) is 16.9 Å². The lowest BCUT2D eigenvalue weighted by Crippen LogP contribution is -1.92. The Hall–Kier alpha value is -1.39. The van der Waals surface area contributed by atoms with Gasteiger partial charge in [-0.15, -0.1) is 0 Å². The quantitative estimate of drug-likeness (QED) is 0.870. The number of H-pyrrole nitrogens is 1. The van der Waals surface area contributed by atoms with Crippen LogP contribution < -0.4 is 10.5 Å². The second-order valence-corrected chi connectivity index (χ2v) is 4.01. The number of hydrogen-bond donors (Lipinski definition) is 2. The molecule has 2 rings (SSSR count). The van der Waals surface area contributed by atoms with E-state index >= 15 is 0 Å². The summed E-state index contributed by atoms with van der Waals surface area (Å²) in [6, 6.07) is 3.34. The highest BCUT2D eigenvalue weighted by atomic mass is 35.5. The van der Waals surface area contributed by atoms with Crippen molar-refractivity contribution in [2.45, 2.75) is 0 Å². The number of anilines is 1. The Morgan fingerprint density at radius 3 is 2.62 bits per heavy atom. The molecule has 6 heteroatoms. The van der Waals surface area contributed by atoms with E-state index in [1.165, 1.54) is 7.11 Å². The molecule has 0 aliphatic heterocycles. The van der Waals surface area contributed by atoms with Crippen molar-refractivity contribution in [1.29, 1.82) is 0 Å². The molecule has 0 aliphatic rings. The minimum Gasteiger partial charge on any atom is -0.495 e. The van der Waals surface area contributed by atoms with Crippen LogP contribution in [0.2, 0.25) is 10.0 Å². The molecule has 0 saturated carbocycles. The molecule has 0 amide bonds. The summed E-state index contributed by atoms with van der Waals surface area (Å²) < 4.78 is 5.22. The van der Waals surface area contributed by atoms with Gasteiger partial charge in [0.1, 0.15) is 11.6 Å². The highest BCUT2D eigenvalue weighted by molar-refractivity contribution is 6.36. The topological polar surface area (TPSA) is 63.9 Å². The highest BCUT2D eigenvalue weighted by Gasteiger charge is 2.14.